The number of benzene rings is 2. The summed E-state index contributed by atoms with van der Waals surface area (Å²) in [6.45, 7) is 7.09. The van der Waals surface area contributed by atoms with Crippen molar-refractivity contribution in [3.63, 3.8) is 0 Å². The minimum absolute atomic E-state index is 0.104. The van der Waals surface area contributed by atoms with Crippen molar-refractivity contribution in [3.05, 3.63) is 77.6 Å². The van der Waals surface area contributed by atoms with Crippen LogP contribution in [0.25, 0.3) is 11.1 Å². The number of methoxy groups -OCH3 is 2. The van der Waals surface area contributed by atoms with Crippen molar-refractivity contribution in [1.82, 2.24) is 10.3 Å². The Bertz CT molecular complexity index is 1040. The van der Waals surface area contributed by atoms with Crippen LogP contribution in [-0.2, 0) is 11.8 Å². The van der Waals surface area contributed by atoms with Crippen LogP contribution in [0.2, 0.25) is 0 Å². The number of hydrogen-bond donors (Lipinski definition) is 1. The second kappa shape index (κ2) is 9.65. The van der Waals surface area contributed by atoms with Crippen molar-refractivity contribution in [2.75, 3.05) is 20.8 Å². The molecule has 5 heteroatoms. The highest BCUT2D eigenvalue weighted by Gasteiger charge is 2.14. The molecule has 1 N–H and O–H groups in total. The maximum Gasteiger partial charge on any atom is 0.252 e. The van der Waals surface area contributed by atoms with Gasteiger partial charge in [0.25, 0.3) is 5.91 Å². The molecule has 1 aromatic heterocycles. The molecule has 1 amide bonds. The molecular weight excluding hydrogens is 388 g/mol. The van der Waals surface area contributed by atoms with Crippen LogP contribution in [0.3, 0.4) is 0 Å². The van der Waals surface area contributed by atoms with Crippen LogP contribution >= 0.6 is 0 Å². The number of carbonyl (C=O) groups is 1. The number of hydrogen-bond acceptors (Lipinski definition) is 4. The van der Waals surface area contributed by atoms with E-state index in [2.05, 4.69) is 55.3 Å². The molecule has 2 aromatic carbocycles. The van der Waals surface area contributed by atoms with Gasteiger partial charge in [-0.25, -0.2) is 0 Å². The fraction of sp³-hybridized carbons (Fsp3) is 0.308. The van der Waals surface area contributed by atoms with Crippen LogP contribution in [0.1, 0.15) is 42.3 Å². The molecule has 162 valence electrons. The van der Waals surface area contributed by atoms with Gasteiger partial charge in [0.05, 0.1) is 19.8 Å². The summed E-state index contributed by atoms with van der Waals surface area (Å²) in [5.74, 6) is 1.23. The lowest BCUT2D eigenvalue weighted by Gasteiger charge is -2.19. The van der Waals surface area contributed by atoms with E-state index in [4.69, 9.17) is 9.47 Å². The molecule has 0 bridgehead atoms. The van der Waals surface area contributed by atoms with Crippen molar-refractivity contribution in [2.45, 2.75) is 32.6 Å². The van der Waals surface area contributed by atoms with Gasteiger partial charge in [-0.05, 0) is 46.7 Å². The summed E-state index contributed by atoms with van der Waals surface area (Å²) in [4.78, 5) is 16.9. The maximum atomic E-state index is 12.6. The van der Waals surface area contributed by atoms with Gasteiger partial charge in [-0.2, -0.15) is 0 Å². The molecule has 0 saturated carbocycles. The molecule has 0 spiro atoms. The number of aromatic nitrogens is 1. The highest BCUT2D eigenvalue weighted by atomic mass is 16.5. The molecule has 31 heavy (non-hydrogen) atoms. The molecule has 3 rings (SSSR count). The first-order valence-electron chi connectivity index (χ1n) is 10.4. The quantitative estimate of drug-likeness (QED) is 0.584. The molecule has 0 unspecified atom stereocenters. The normalized spacial score (nSPS) is 11.1. The standard InChI is InChI=1S/C26H30N2O3/c1-26(2,3)22-9-7-19(8-10-22)20-15-21(17-27-16-20)25(29)28-13-12-18-6-11-23(30-4)24(14-18)31-5/h6-11,14-17H,12-13H2,1-5H3,(H,28,29). The van der Waals surface area contributed by atoms with Gasteiger partial charge in [0.1, 0.15) is 0 Å². The Labute approximate surface area is 184 Å². The molecule has 5 nitrogen and oxygen atoms in total. The van der Waals surface area contributed by atoms with E-state index in [1.807, 2.05) is 24.3 Å². The monoisotopic (exact) mass is 418 g/mol. The summed E-state index contributed by atoms with van der Waals surface area (Å²) >= 11 is 0. The van der Waals surface area contributed by atoms with Crippen LogP contribution in [0.5, 0.6) is 11.5 Å². The SMILES string of the molecule is COc1ccc(CCNC(=O)c2cncc(-c3ccc(C(C)(C)C)cc3)c2)cc1OC. The second-order valence-electron chi connectivity index (χ2n) is 8.48. The highest BCUT2D eigenvalue weighted by molar-refractivity contribution is 5.95. The molecule has 0 aliphatic heterocycles. The molecule has 3 aromatic rings. The third-order valence-electron chi connectivity index (χ3n) is 5.23. The largest absolute Gasteiger partial charge is 0.493 e. The molecule has 0 aliphatic rings. The number of nitrogens with one attached hydrogen (secondary N) is 1. The molecule has 0 aliphatic carbocycles. The summed E-state index contributed by atoms with van der Waals surface area (Å²) in [5.41, 5.74) is 4.95. The maximum absolute atomic E-state index is 12.6. The smallest absolute Gasteiger partial charge is 0.252 e. The lowest BCUT2D eigenvalue weighted by molar-refractivity contribution is 0.0954. The third kappa shape index (κ3) is 5.63. The summed E-state index contributed by atoms with van der Waals surface area (Å²) in [5, 5.41) is 2.97. The molecule has 0 saturated heterocycles. The molecule has 0 atom stereocenters. The number of nitrogens with zero attached hydrogens (tertiary/aromatic N) is 1. The Kier molecular flexibility index (Phi) is 6.95. The topological polar surface area (TPSA) is 60.5 Å². The molecule has 0 fully saturated rings. The zero-order chi connectivity index (χ0) is 22.4. The predicted octanol–water partition coefficient (Wildman–Crippen LogP) is 5.04. The van der Waals surface area contributed by atoms with Gasteiger partial charge in [0, 0.05) is 24.5 Å². The molecule has 1 heterocycles. The van der Waals surface area contributed by atoms with Gasteiger partial charge in [-0.1, -0.05) is 51.1 Å². The van der Waals surface area contributed by atoms with Gasteiger partial charge in [-0.3, -0.25) is 9.78 Å². The number of ether oxygens (including phenoxy) is 2. The van der Waals surface area contributed by atoms with E-state index in [-0.39, 0.29) is 11.3 Å². The summed E-state index contributed by atoms with van der Waals surface area (Å²) < 4.78 is 10.6. The molecular formula is C26H30N2O3. The summed E-state index contributed by atoms with van der Waals surface area (Å²) in [6, 6.07) is 16.1. The van der Waals surface area contributed by atoms with E-state index in [1.54, 1.807) is 26.6 Å². The average molecular weight is 419 g/mol. The Morgan fingerprint density at radius 2 is 1.61 bits per heavy atom. The Hall–Kier alpha value is -3.34. The van der Waals surface area contributed by atoms with Crippen molar-refractivity contribution in [3.8, 4) is 22.6 Å². The van der Waals surface area contributed by atoms with Crippen LogP contribution in [0.15, 0.2) is 60.9 Å². The van der Waals surface area contributed by atoms with Crippen molar-refractivity contribution >= 4 is 5.91 Å². The van der Waals surface area contributed by atoms with E-state index in [9.17, 15) is 4.79 Å². The first kappa shape index (κ1) is 22.3. The second-order valence-corrected chi connectivity index (χ2v) is 8.48. The number of carbonyl (C=O) groups excluding carboxylic acids is 1. The third-order valence-corrected chi connectivity index (χ3v) is 5.23. The summed E-state index contributed by atoms with van der Waals surface area (Å²) in [6.07, 6.45) is 4.07. The van der Waals surface area contributed by atoms with Gasteiger partial charge >= 0.3 is 0 Å². The van der Waals surface area contributed by atoms with Gasteiger partial charge in [0.2, 0.25) is 0 Å². The van der Waals surface area contributed by atoms with Gasteiger partial charge < -0.3 is 14.8 Å². The number of amides is 1. The fourth-order valence-electron chi connectivity index (χ4n) is 3.34. The van der Waals surface area contributed by atoms with Crippen molar-refractivity contribution in [2.24, 2.45) is 0 Å². The van der Waals surface area contributed by atoms with E-state index >= 15 is 0 Å². The minimum atomic E-state index is -0.138. The summed E-state index contributed by atoms with van der Waals surface area (Å²) in [7, 11) is 3.22. The van der Waals surface area contributed by atoms with E-state index in [0.717, 1.165) is 16.7 Å². The Balaban J connectivity index is 1.64. The minimum Gasteiger partial charge on any atom is -0.493 e. The van der Waals surface area contributed by atoms with Crippen LogP contribution < -0.4 is 14.8 Å². The van der Waals surface area contributed by atoms with Crippen LogP contribution in [-0.4, -0.2) is 31.7 Å². The van der Waals surface area contributed by atoms with E-state index in [0.29, 0.717) is 30.0 Å². The lowest BCUT2D eigenvalue weighted by Crippen LogP contribution is -2.25. The van der Waals surface area contributed by atoms with Gasteiger partial charge in [0.15, 0.2) is 11.5 Å². The first-order valence-corrected chi connectivity index (χ1v) is 10.4. The Morgan fingerprint density at radius 1 is 0.903 bits per heavy atom. The predicted molar refractivity (Wildman–Crippen MR) is 124 cm³/mol. The van der Waals surface area contributed by atoms with Crippen LogP contribution in [0, 0.1) is 0 Å². The first-order chi connectivity index (χ1) is 14.8. The molecule has 0 radical (unpaired) electrons. The highest BCUT2D eigenvalue weighted by Crippen LogP contribution is 2.28. The Morgan fingerprint density at radius 3 is 2.26 bits per heavy atom. The van der Waals surface area contributed by atoms with E-state index in [1.165, 1.54) is 5.56 Å². The fourth-order valence-corrected chi connectivity index (χ4v) is 3.34. The van der Waals surface area contributed by atoms with Crippen LogP contribution in [0.4, 0.5) is 0 Å². The van der Waals surface area contributed by atoms with Crippen molar-refractivity contribution < 1.29 is 14.3 Å². The van der Waals surface area contributed by atoms with E-state index < -0.39 is 0 Å². The number of pyridine rings is 1. The number of rotatable bonds is 7. The lowest BCUT2D eigenvalue weighted by atomic mass is 9.86. The zero-order valence-corrected chi connectivity index (χ0v) is 18.9. The van der Waals surface area contributed by atoms with Gasteiger partial charge in [-0.15, -0.1) is 0 Å². The average Bonchev–Trinajstić information content (AvgIpc) is 2.78. The zero-order valence-electron chi connectivity index (χ0n) is 18.9. The van der Waals surface area contributed by atoms with Crippen molar-refractivity contribution in [1.29, 1.82) is 0 Å².